The van der Waals surface area contributed by atoms with E-state index in [0.29, 0.717) is 25.9 Å². The van der Waals surface area contributed by atoms with Crippen molar-refractivity contribution in [1.82, 2.24) is 10.3 Å². The van der Waals surface area contributed by atoms with Gasteiger partial charge in [-0.2, -0.15) is 0 Å². The number of amides is 2. The highest BCUT2D eigenvalue weighted by molar-refractivity contribution is 5.99. The van der Waals surface area contributed by atoms with Crippen LogP contribution in [0.15, 0.2) is 73.1 Å². The van der Waals surface area contributed by atoms with Crippen LogP contribution in [-0.2, 0) is 9.59 Å². The topological polar surface area (TPSA) is 86.4 Å². The third-order valence-electron chi connectivity index (χ3n) is 4.13. The van der Waals surface area contributed by atoms with Gasteiger partial charge in [0.05, 0.1) is 28.4 Å². The number of fused-ring (bicyclic) bond motifs is 2. The first kappa shape index (κ1) is 18.9. The molecule has 0 aliphatic carbocycles. The number of nitrogens with one attached hydrogen (secondary N) is 3. The highest BCUT2D eigenvalue weighted by Gasteiger charge is 2.23. The molecule has 2 heterocycles. The van der Waals surface area contributed by atoms with Crippen molar-refractivity contribution in [2.45, 2.75) is 0 Å². The zero-order valence-corrected chi connectivity index (χ0v) is 15.2. The van der Waals surface area contributed by atoms with Crippen LogP contribution in [0.3, 0.4) is 0 Å². The molecule has 0 saturated carbocycles. The van der Waals surface area contributed by atoms with Crippen LogP contribution >= 0.6 is 0 Å². The molecule has 0 atom stereocenters. The smallest absolute Gasteiger partial charge is 0.211 e. The van der Waals surface area contributed by atoms with Crippen LogP contribution in [-0.4, -0.2) is 30.9 Å². The van der Waals surface area contributed by atoms with Crippen LogP contribution in [0.4, 0.5) is 28.4 Å². The Kier molecular flexibility index (Phi) is 6.57. The molecule has 4 rings (SSSR count). The van der Waals surface area contributed by atoms with E-state index in [-0.39, 0.29) is 0 Å². The predicted octanol–water partition coefficient (Wildman–Crippen LogP) is 3.28. The van der Waals surface area contributed by atoms with Crippen molar-refractivity contribution in [3.63, 3.8) is 0 Å². The minimum absolute atomic E-state index is 0.530. The van der Waals surface area contributed by atoms with E-state index in [1.54, 1.807) is 12.4 Å². The molecule has 0 fully saturated rings. The maximum absolute atomic E-state index is 10.8. The van der Waals surface area contributed by atoms with E-state index in [9.17, 15) is 9.59 Å². The molecular weight excluding hydrogens is 354 g/mol. The molecule has 3 N–H and O–H groups in total. The van der Waals surface area contributed by atoms with Crippen molar-refractivity contribution in [2.75, 3.05) is 28.6 Å². The van der Waals surface area contributed by atoms with E-state index >= 15 is 0 Å². The minimum Gasteiger partial charge on any atom is -0.357 e. The van der Waals surface area contributed by atoms with Crippen molar-refractivity contribution in [3.8, 4) is 0 Å². The molecule has 0 bridgehead atoms. The van der Waals surface area contributed by atoms with Gasteiger partial charge in [-0.05, 0) is 36.4 Å². The maximum Gasteiger partial charge on any atom is 0.211 e. The van der Waals surface area contributed by atoms with Gasteiger partial charge in [-0.1, -0.05) is 24.3 Å². The van der Waals surface area contributed by atoms with E-state index in [2.05, 4.69) is 25.8 Å². The van der Waals surface area contributed by atoms with Crippen LogP contribution in [0.25, 0.3) is 0 Å². The third-order valence-corrected chi connectivity index (χ3v) is 4.13. The average molecular weight is 375 g/mol. The Morgan fingerprint density at radius 1 is 0.893 bits per heavy atom. The van der Waals surface area contributed by atoms with Crippen LogP contribution < -0.4 is 20.9 Å². The quantitative estimate of drug-likeness (QED) is 0.455. The Balaban J connectivity index is 0.000000320. The number of nitrogens with zero attached hydrogens (tertiary/aromatic N) is 2. The maximum atomic E-state index is 10.8. The van der Waals surface area contributed by atoms with E-state index in [1.807, 2.05) is 60.7 Å². The molecule has 0 saturated heterocycles. The molecule has 0 radical (unpaired) electrons. The second-order valence-electron chi connectivity index (χ2n) is 5.85. The van der Waals surface area contributed by atoms with Crippen molar-refractivity contribution in [1.29, 1.82) is 0 Å². The number of carbonyl (C=O) groups is 2. The van der Waals surface area contributed by atoms with Gasteiger partial charge in [0.15, 0.2) is 0 Å². The lowest BCUT2D eigenvalue weighted by Crippen LogP contribution is -2.30. The summed E-state index contributed by atoms with van der Waals surface area (Å²) in [4.78, 5) is 27.2. The van der Waals surface area contributed by atoms with Gasteiger partial charge in [0.2, 0.25) is 12.8 Å². The lowest BCUT2D eigenvalue weighted by molar-refractivity contribution is -0.109. The standard InChI is InChI=1S/C16H16N4O2.C5H5N/c21-10-17-8-9-20-14-6-2-1-4-12(14)19-16-13(18-11-22)5-3-7-15(16)20;1-2-4-6-5-3-1/h1-7,10-11,19H,8-9H2,(H,17,21)(H,18,22);1-5H. The number of pyridine rings is 1. The first-order valence-corrected chi connectivity index (χ1v) is 8.84. The first-order chi connectivity index (χ1) is 13.8. The molecule has 0 spiro atoms. The fraction of sp³-hybridized carbons (Fsp3) is 0.0952. The van der Waals surface area contributed by atoms with E-state index in [1.165, 1.54) is 0 Å². The van der Waals surface area contributed by atoms with Gasteiger partial charge in [-0.3, -0.25) is 14.6 Å². The largest absolute Gasteiger partial charge is 0.357 e. The Morgan fingerprint density at radius 2 is 1.68 bits per heavy atom. The second kappa shape index (κ2) is 9.72. The van der Waals surface area contributed by atoms with Crippen LogP contribution in [0.2, 0.25) is 0 Å². The van der Waals surface area contributed by atoms with Gasteiger partial charge >= 0.3 is 0 Å². The van der Waals surface area contributed by atoms with E-state index in [4.69, 9.17) is 0 Å². The van der Waals surface area contributed by atoms with Crippen LogP contribution in [0.1, 0.15) is 0 Å². The number of para-hydroxylation sites is 3. The number of hydrogen-bond acceptors (Lipinski definition) is 5. The SMILES string of the molecule is O=CNCCN1c2ccccc2Nc2c(NC=O)cccc21.c1ccncc1. The summed E-state index contributed by atoms with van der Waals surface area (Å²) < 4.78 is 0. The van der Waals surface area contributed by atoms with Gasteiger partial charge in [0.1, 0.15) is 0 Å². The zero-order valence-electron chi connectivity index (χ0n) is 15.2. The van der Waals surface area contributed by atoms with E-state index < -0.39 is 0 Å². The van der Waals surface area contributed by atoms with E-state index in [0.717, 1.165) is 28.4 Å². The summed E-state index contributed by atoms with van der Waals surface area (Å²) in [6, 6.07) is 19.4. The molecule has 1 aliphatic rings. The predicted molar refractivity (Wildman–Crippen MR) is 111 cm³/mol. The van der Waals surface area contributed by atoms with Crippen molar-refractivity contribution in [3.05, 3.63) is 73.1 Å². The summed E-state index contributed by atoms with van der Waals surface area (Å²) in [6.07, 6.45) is 4.86. The Hall–Kier alpha value is -3.87. The van der Waals surface area contributed by atoms with Gasteiger partial charge in [0, 0.05) is 25.5 Å². The number of benzene rings is 2. The van der Waals surface area contributed by atoms with Crippen molar-refractivity contribution >= 4 is 41.3 Å². The molecular formula is C21H21N5O2. The van der Waals surface area contributed by atoms with Gasteiger partial charge < -0.3 is 20.9 Å². The highest BCUT2D eigenvalue weighted by Crippen LogP contribution is 2.46. The molecule has 142 valence electrons. The minimum atomic E-state index is 0.530. The molecule has 1 aromatic heterocycles. The lowest BCUT2D eigenvalue weighted by Gasteiger charge is -2.34. The number of hydrogen-bond donors (Lipinski definition) is 3. The van der Waals surface area contributed by atoms with Crippen molar-refractivity contribution in [2.24, 2.45) is 0 Å². The fourth-order valence-electron chi connectivity index (χ4n) is 2.95. The summed E-state index contributed by atoms with van der Waals surface area (Å²) in [5.74, 6) is 0. The summed E-state index contributed by atoms with van der Waals surface area (Å²) in [6.45, 7) is 1.16. The number of aromatic nitrogens is 1. The Labute approximate surface area is 163 Å². The first-order valence-electron chi connectivity index (χ1n) is 8.84. The summed E-state index contributed by atoms with van der Waals surface area (Å²) in [7, 11) is 0. The van der Waals surface area contributed by atoms with Crippen LogP contribution in [0.5, 0.6) is 0 Å². The van der Waals surface area contributed by atoms with Crippen LogP contribution in [0, 0.1) is 0 Å². The molecule has 2 amide bonds. The molecule has 0 unspecified atom stereocenters. The monoisotopic (exact) mass is 375 g/mol. The van der Waals surface area contributed by atoms with Gasteiger partial charge in [-0.15, -0.1) is 0 Å². The van der Waals surface area contributed by atoms with Gasteiger partial charge in [0.25, 0.3) is 0 Å². The van der Waals surface area contributed by atoms with Crippen molar-refractivity contribution < 1.29 is 9.59 Å². The number of anilines is 5. The molecule has 28 heavy (non-hydrogen) atoms. The Morgan fingerprint density at radius 3 is 2.36 bits per heavy atom. The lowest BCUT2D eigenvalue weighted by atomic mass is 10.1. The molecule has 7 heteroatoms. The zero-order chi connectivity index (χ0) is 19.6. The number of carbonyl (C=O) groups excluding carboxylic acids is 2. The molecule has 3 aromatic rings. The third kappa shape index (κ3) is 4.45. The summed E-state index contributed by atoms with van der Waals surface area (Å²) in [5.41, 5.74) is 4.51. The highest BCUT2D eigenvalue weighted by atomic mass is 16.1. The Bertz CT molecular complexity index is 891. The second-order valence-corrected chi connectivity index (χ2v) is 5.85. The summed E-state index contributed by atoms with van der Waals surface area (Å²) >= 11 is 0. The average Bonchev–Trinajstić information content (AvgIpc) is 2.76. The molecule has 7 nitrogen and oxygen atoms in total. The fourth-order valence-corrected chi connectivity index (χ4v) is 2.95. The normalized spacial score (nSPS) is 10.9. The molecule has 2 aromatic carbocycles. The van der Waals surface area contributed by atoms with Gasteiger partial charge in [-0.25, -0.2) is 0 Å². The number of rotatable bonds is 6. The molecule has 1 aliphatic heterocycles. The summed E-state index contributed by atoms with van der Waals surface area (Å²) in [5, 5.41) is 8.76.